The summed E-state index contributed by atoms with van der Waals surface area (Å²) in [5.74, 6) is 5.70. The Hall–Kier alpha value is -1.20. The Morgan fingerprint density at radius 2 is 1.94 bits per heavy atom. The summed E-state index contributed by atoms with van der Waals surface area (Å²) in [5.41, 5.74) is 5.14. The zero-order chi connectivity index (χ0) is 13.0. The number of hydrogen-bond acceptors (Lipinski definition) is 4. The molecule has 96 valence electrons. The number of thiophene rings is 1. The summed E-state index contributed by atoms with van der Waals surface area (Å²) >= 11 is 1.72. The van der Waals surface area contributed by atoms with Crippen molar-refractivity contribution in [3.05, 3.63) is 57.8 Å². The minimum atomic E-state index is -0.0924. The minimum Gasteiger partial charge on any atom is -0.375 e. The van der Waals surface area contributed by atoms with Crippen molar-refractivity contribution >= 4 is 11.3 Å². The first kappa shape index (κ1) is 13.2. The fraction of sp³-hybridized carbons (Fsp3) is 0.286. The molecule has 0 aliphatic rings. The molecule has 2 atom stereocenters. The number of methoxy groups -OCH3 is 1. The average Bonchev–Trinajstić information content (AvgIpc) is 2.83. The highest BCUT2D eigenvalue weighted by molar-refractivity contribution is 7.10. The Balaban J connectivity index is 2.30. The van der Waals surface area contributed by atoms with Crippen LogP contribution in [0, 0.1) is 6.92 Å². The van der Waals surface area contributed by atoms with Gasteiger partial charge in [0.25, 0.3) is 0 Å². The van der Waals surface area contributed by atoms with Crippen LogP contribution in [0.1, 0.15) is 28.1 Å². The Bertz CT molecular complexity index is 484. The van der Waals surface area contributed by atoms with Gasteiger partial charge in [-0.2, -0.15) is 0 Å². The van der Waals surface area contributed by atoms with E-state index in [0.717, 1.165) is 11.1 Å². The van der Waals surface area contributed by atoms with E-state index in [0.29, 0.717) is 0 Å². The van der Waals surface area contributed by atoms with E-state index in [-0.39, 0.29) is 12.1 Å². The van der Waals surface area contributed by atoms with E-state index in [1.165, 1.54) is 4.88 Å². The van der Waals surface area contributed by atoms with Gasteiger partial charge in [0.15, 0.2) is 0 Å². The van der Waals surface area contributed by atoms with Crippen molar-refractivity contribution in [3.8, 4) is 0 Å². The molecule has 18 heavy (non-hydrogen) atoms. The molecule has 0 amide bonds. The SMILES string of the molecule is COC(c1ccccc1)C(NN)c1csc(C)c1. The monoisotopic (exact) mass is 262 g/mol. The van der Waals surface area contributed by atoms with Gasteiger partial charge >= 0.3 is 0 Å². The number of ether oxygens (including phenoxy) is 1. The van der Waals surface area contributed by atoms with Crippen LogP contribution in [0.5, 0.6) is 0 Å². The van der Waals surface area contributed by atoms with Crippen LogP contribution in [0.2, 0.25) is 0 Å². The molecule has 0 saturated heterocycles. The molecule has 1 aromatic carbocycles. The predicted molar refractivity (Wildman–Crippen MR) is 75.3 cm³/mol. The third kappa shape index (κ3) is 2.79. The lowest BCUT2D eigenvalue weighted by molar-refractivity contribution is 0.0677. The van der Waals surface area contributed by atoms with Crippen LogP contribution in [-0.4, -0.2) is 7.11 Å². The molecule has 2 unspecified atom stereocenters. The molecule has 0 fully saturated rings. The van der Waals surface area contributed by atoms with Crippen LogP contribution in [0.25, 0.3) is 0 Å². The van der Waals surface area contributed by atoms with Gasteiger partial charge < -0.3 is 4.74 Å². The van der Waals surface area contributed by atoms with E-state index in [1.807, 2.05) is 18.2 Å². The maximum atomic E-state index is 5.70. The Morgan fingerprint density at radius 1 is 1.22 bits per heavy atom. The maximum absolute atomic E-state index is 5.70. The second kappa shape index (κ2) is 6.11. The summed E-state index contributed by atoms with van der Waals surface area (Å²) in [5, 5.41) is 2.12. The van der Waals surface area contributed by atoms with E-state index in [9.17, 15) is 0 Å². The number of benzene rings is 1. The number of rotatable bonds is 5. The van der Waals surface area contributed by atoms with Crippen molar-refractivity contribution in [1.29, 1.82) is 0 Å². The number of hydrogen-bond donors (Lipinski definition) is 2. The zero-order valence-electron chi connectivity index (χ0n) is 10.6. The highest BCUT2D eigenvalue weighted by Crippen LogP contribution is 2.32. The molecule has 0 bridgehead atoms. The first-order valence-corrected chi connectivity index (χ1v) is 6.73. The molecule has 0 radical (unpaired) electrons. The van der Waals surface area contributed by atoms with Crippen LogP contribution < -0.4 is 11.3 Å². The minimum absolute atomic E-state index is 0.0395. The van der Waals surface area contributed by atoms with Crippen LogP contribution >= 0.6 is 11.3 Å². The van der Waals surface area contributed by atoms with Gasteiger partial charge in [-0.3, -0.25) is 5.84 Å². The number of nitrogens with two attached hydrogens (primary N) is 1. The second-order valence-electron chi connectivity index (χ2n) is 4.20. The smallest absolute Gasteiger partial charge is 0.103 e. The normalized spacial score (nSPS) is 14.4. The van der Waals surface area contributed by atoms with Gasteiger partial charge in [-0.05, 0) is 29.5 Å². The van der Waals surface area contributed by atoms with Crippen molar-refractivity contribution in [3.63, 3.8) is 0 Å². The van der Waals surface area contributed by atoms with Gasteiger partial charge in [-0.1, -0.05) is 30.3 Å². The Labute approximate surface area is 112 Å². The highest BCUT2D eigenvalue weighted by atomic mass is 32.1. The fourth-order valence-electron chi connectivity index (χ4n) is 2.09. The standard InChI is InChI=1S/C14H18N2OS/c1-10-8-12(9-18-10)13(16-15)14(17-2)11-6-4-3-5-7-11/h3-9,13-14,16H,15H2,1-2H3. The van der Waals surface area contributed by atoms with Crippen LogP contribution in [0.4, 0.5) is 0 Å². The first-order valence-electron chi connectivity index (χ1n) is 5.85. The third-order valence-electron chi connectivity index (χ3n) is 2.97. The van der Waals surface area contributed by atoms with Crippen molar-refractivity contribution in [2.75, 3.05) is 7.11 Å². The number of hydrazine groups is 1. The first-order chi connectivity index (χ1) is 8.76. The lowest BCUT2D eigenvalue weighted by Gasteiger charge is -2.25. The summed E-state index contributed by atoms with van der Waals surface area (Å²) in [6.45, 7) is 2.09. The quantitative estimate of drug-likeness (QED) is 0.643. The molecule has 3 N–H and O–H groups in total. The lowest BCUT2D eigenvalue weighted by atomic mass is 9.98. The fourth-order valence-corrected chi connectivity index (χ4v) is 2.83. The largest absolute Gasteiger partial charge is 0.375 e. The van der Waals surface area contributed by atoms with Gasteiger partial charge in [-0.25, -0.2) is 5.43 Å². The summed E-state index contributed by atoms with van der Waals surface area (Å²) in [6.07, 6.45) is -0.0924. The van der Waals surface area contributed by atoms with Crippen molar-refractivity contribution in [2.45, 2.75) is 19.1 Å². The van der Waals surface area contributed by atoms with E-state index in [4.69, 9.17) is 10.6 Å². The molecule has 1 heterocycles. The van der Waals surface area contributed by atoms with E-state index >= 15 is 0 Å². The van der Waals surface area contributed by atoms with E-state index in [1.54, 1.807) is 18.4 Å². The summed E-state index contributed by atoms with van der Waals surface area (Å²) in [6, 6.07) is 12.2. The highest BCUT2D eigenvalue weighted by Gasteiger charge is 2.24. The van der Waals surface area contributed by atoms with Crippen molar-refractivity contribution in [2.24, 2.45) is 5.84 Å². The maximum Gasteiger partial charge on any atom is 0.103 e. The molecule has 0 spiro atoms. The molecule has 4 heteroatoms. The van der Waals surface area contributed by atoms with E-state index in [2.05, 4.69) is 35.9 Å². The molecule has 0 aliphatic carbocycles. The third-order valence-corrected chi connectivity index (χ3v) is 3.85. The zero-order valence-corrected chi connectivity index (χ0v) is 11.4. The molecule has 3 nitrogen and oxygen atoms in total. The number of nitrogens with one attached hydrogen (secondary N) is 1. The Morgan fingerprint density at radius 3 is 2.44 bits per heavy atom. The van der Waals surface area contributed by atoms with Gasteiger partial charge in [0.05, 0.1) is 6.04 Å². The van der Waals surface area contributed by atoms with E-state index < -0.39 is 0 Å². The van der Waals surface area contributed by atoms with Gasteiger partial charge in [0.2, 0.25) is 0 Å². The molecule has 1 aromatic heterocycles. The van der Waals surface area contributed by atoms with Gasteiger partial charge in [0.1, 0.15) is 6.10 Å². The van der Waals surface area contributed by atoms with Crippen LogP contribution in [0.15, 0.2) is 41.8 Å². The lowest BCUT2D eigenvalue weighted by Crippen LogP contribution is -2.33. The topological polar surface area (TPSA) is 47.3 Å². The summed E-state index contributed by atoms with van der Waals surface area (Å²) < 4.78 is 5.62. The second-order valence-corrected chi connectivity index (χ2v) is 5.32. The average molecular weight is 262 g/mol. The van der Waals surface area contributed by atoms with Crippen molar-refractivity contribution in [1.82, 2.24) is 5.43 Å². The molecular formula is C14H18N2OS. The van der Waals surface area contributed by atoms with Crippen LogP contribution in [-0.2, 0) is 4.74 Å². The molecule has 0 aliphatic heterocycles. The van der Waals surface area contributed by atoms with Crippen molar-refractivity contribution < 1.29 is 4.74 Å². The summed E-state index contributed by atoms with van der Waals surface area (Å²) in [4.78, 5) is 1.27. The Kier molecular flexibility index (Phi) is 4.49. The molecule has 0 saturated carbocycles. The molecule has 2 aromatic rings. The molecule has 2 rings (SSSR count). The van der Waals surface area contributed by atoms with Gasteiger partial charge in [-0.15, -0.1) is 11.3 Å². The van der Waals surface area contributed by atoms with Gasteiger partial charge in [0, 0.05) is 12.0 Å². The molecular weight excluding hydrogens is 244 g/mol. The van der Waals surface area contributed by atoms with Crippen LogP contribution in [0.3, 0.4) is 0 Å². The predicted octanol–water partition coefficient (Wildman–Crippen LogP) is 2.95. The summed E-state index contributed by atoms with van der Waals surface area (Å²) in [7, 11) is 1.71. The number of aryl methyl sites for hydroxylation is 1.